The molecular formula is C9H12N4O. The minimum atomic E-state index is 0.457. The molecule has 2 aromatic heterocycles. The summed E-state index contributed by atoms with van der Waals surface area (Å²) in [5.74, 6) is 0.457. The average molecular weight is 192 g/mol. The second-order valence-electron chi connectivity index (χ2n) is 3.03. The van der Waals surface area contributed by atoms with E-state index in [2.05, 4.69) is 10.1 Å². The zero-order chi connectivity index (χ0) is 10.1. The van der Waals surface area contributed by atoms with Crippen molar-refractivity contribution in [1.29, 1.82) is 0 Å². The SMILES string of the molecule is CCOc1nc2nn(C)cc2cc1N. The van der Waals surface area contributed by atoms with Crippen LogP contribution in [0.15, 0.2) is 12.3 Å². The van der Waals surface area contributed by atoms with Gasteiger partial charge in [0, 0.05) is 18.6 Å². The molecule has 2 heterocycles. The molecule has 5 heteroatoms. The third-order valence-corrected chi connectivity index (χ3v) is 1.88. The van der Waals surface area contributed by atoms with Crippen LogP contribution in [-0.2, 0) is 7.05 Å². The van der Waals surface area contributed by atoms with Gasteiger partial charge in [0.15, 0.2) is 5.65 Å². The molecule has 0 amide bonds. The van der Waals surface area contributed by atoms with Gasteiger partial charge in [0.25, 0.3) is 0 Å². The van der Waals surface area contributed by atoms with Gasteiger partial charge in [-0.05, 0) is 13.0 Å². The third-order valence-electron chi connectivity index (χ3n) is 1.88. The lowest BCUT2D eigenvalue weighted by molar-refractivity contribution is 0.330. The third kappa shape index (κ3) is 1.37. The molecule has 0 fully saturated rings. The summed E-state index contributed by atoms with van der Waals surface area (Å²) in [6.45, 7) is 2.44. The van der Waals surface area contributed by atoms with Crippen LogP contribution in [0.25, 0.3) is 11.0 Å². The Morgan fingerprint density at radius 1 is 1.57 bits per heavy atom. The lowest BCUT2D eigenvalue weighted by Gasteiger charge is -2.03. The fourth-order valence-corrected chi connectivity index (χ4v) is 1.33. The predicted molar refractivity (Wildman–Crippen MR) is 54.1 cm³/mol. The first-order valence-corrected chi connectivity index (χ1v) is 4.43. The molecule has 0 aliphatic rings. The maximum absolute atomic E-state index is 5.76. The highest BCUT2D eigenvalue weighted by atomic mass is 16.5. The van der Waals surface area contributed by atoms with Crippen LogP contribution in [0.5, 0.6) is 5.88 Å². The van der Waals surface area contributed by atoms with E-state index in [-0.39, 0.29) is 0 Å². The Balaban J connectivity index is 2.58. The Kier molecular flexibility index (Phi) is 1.99. The normalized spacial score (nSPS) is 10.7. The van der Waals surface area contributed by atoms with Crippen molar-refractivity contribution < 1.29 is 4.74 Å². The predicted octanol–water partition coefficient (Wildman–Crippen LogP) is 0.949. The van der Waals surface area contributed by atoms with Crippen LogP contribution < -0.4 is 10.5 Å². The number of aromatic nitrogens is 3. The van der Waals surface area contributed by atoms with Crippen molar-refractivity contribution in [2.75, 3.05) is 12.3 Å². The van der Waals surface area contributed by atoms with Crippen LogP contribution in [0.4, 0.5) is 5.69 Å². The minimum absolute atomic E-state index is 0.457. The van der Waals surface area contributed by atoms with Gasteiger partial charge in [-0.1, -0.05) is 0 Å². The van der Waals surface area contributed by atoms with E-state index in [0.29, 0.717) is 23.8 Å². The van der Waals surface area contributed by atoms with Gasteiger partial charge in [-0.15, -0.1) is 0 Å². The largest absolute Gasteiger partial charge is 0.476 e. The van der Waals surface area contributed by atoms with Crippen molar-refractivity contribution in [2.24, 2.45) is 7.05 Å². The number of anilines is 1. The highest BCUT2D eigenvalue weighted by molar-refractivity contribution is 5.79. The van der Waals surface area contributed by atoms with Gasteiger partial charge in [0.05, 0.1) is 12.3 Å². The van der Waals surface area contributed by atoms with Crippen LogP contribution in [0.3, 0.4) is 0 Å². The number of pyridine rings is 1. The van der Waals surface area contributed by atoms with E-state index >= 15 is 0 Å². The Bertz CT molecular complexity index is 463. The number of ether oxygens (including phenoxy) is 1. The van der Waals surface area contributed by atoms with E-state index in [4.69, 9.17) is 10.5 Å². The lowest BCUT2D eigenvalue weighted by atomic mass is 10.3. The molecule has 5 nitrogen and oxygen atoms in total. The molecule has 14 heavy (non-hydrogen) atoms. The van der Waals surface area contributed by atoms with Crippen molar-refractivity contribution in [3.63, 3.8) is 0 Å². The maximum atomic E-state index is 5.76. The summed E-state index contributed by atoms with van der Waals surface area (Å²) in [4.78, 5) is 4.21. The lowest BCUT2D eigenvalue weighted by Crippen LogP contribution is -1.99. The Morgan fingerprint density at radius 3 is 3.07 bits per heavy atom. The van der Waals surface area contributed by atoms with Crippen LogP contribution in [0.1, 0.15) is 6.92 Å². The second kappa shape index (κ2) is 3.17. The molecule has 0 saturated carbocycles. The maximum Gasteiger partial charge on any atom is 0.239 e. The zero-order valence-corrected chi connectivity index (χ0v) is 8.19. The number of hydrogen-bond donors (Lipinski definition) is 1. The van der Waals surface area contributed by atoms with Gasteiger partial charge < -0.3 is 10.5 Å². The molecule has 0 atom stereocenters. The number of hydrogen-bond acceptors (Lipinski definition) is 4. The van der Waals surface area contributed by atoms with Gasteiger partial charge in [-0.3, -0.25) is 4.68 Å². The molecule has 0 spiro atoms. The fourth-order valence-electron chi connectivity index (χ4n) is 1.33. The topological polar surface area (TPSA) is 66.0 Å². The molecule has 0 unspecified atom stereocenters. The van der Waals surface area contributed by atoms with E-state index in [1.807, 2.05) is 26.2 Å². The summed E-state index contributed by atoms with van der Waals surface area (Å²) in [5, 5.41) is 5.09. The van der Waals surface area contributed by atoms with Crippen molar-refractivity contribution in [1.82, 2.24) is 14.8 Å². The number of fused-ring (bicyclic) bond motifs is 1. The van der Waals surface area contributed by atoms with E-state index in [0.717, 1.165) is 5.39 Å². The zero-order valence-electron chi connectivity index (χ0n) is 8.19. The van der Waals surface area contributed by atoms with Gasteiger partial charge >= 0.3 is 0 Å². The molecular weight excluding hydrogens is 180 g/mol. The van der Waals surface area contributed by atoms with E-state index < -0.39 is 0 Å². The highest BCUT2D eigenvalue weighted by Crippen LogP contribution is 2.22. The summed E-state index contributed by atoms with van der Waals surface area (Å²) in [6, 6.07) is 1.82. The minimum Gasteiger partial charge on any atom is -0.476 e. The Morgan fingerprint density at radius 2 is 2.36 bits per heavy atom. The van der Waals surface area contributed by atoms with Crippen LogP contribution in [0, 0.1) is 0 Å². The monoisotopic (exact) mass is 192 g/mol. The molecule has 0 aliphatic carbocycles. The molecule has 0 bridgehead atoms. The smallest absolute Gasteiger partial charge is 0.239 e. The number of nitrogens with zero attached hydrogens (tertiary/aromatic N) is 3. The molecule has 2 rings (SSSR count). The first-order chi connectivity index (χ1) is 6.70. The van der Waals surface area contributed by atoms with Crippen LogP contribution in [0.2, 0.25) is 0 Å². The quantitative estimate of drug-likeness (QED) is 0.769. The van der Waals surface area contributed by atoms with E-state index in [1.165, 1.54) is 0 Å². The molecule has 2 aromatic rings. The summed E-state index contributed by atoms with van der Waals surface area (Å²) in [7, 11) is 1.85. The van der Waals surface area contributed by atoms with E-state index in [1.54, 1.807) is 4.68 Å². The molecule has 74 valence electrons. The van der Waals surface area contributed by atoms with Crippen molar-refractivity contribution in [2.45, 2.75) is 6.92 Å². The average Bonchev–Trinajstić information content (AvgIpc) is 2.45. The van der Waals surface area contributed by atoms with Gasteiger partial charge in [-0.2, -0.15) is 10.1 Å². The van der Waals surface area contributed by atoms with Gasteiger partial charge in [-0.25, -0.2) is 0 Å². The van der Waals surface area contributed by atoms with Gasteiger partial charge in [0.1, 0.15) is 0 Å². The number of nitrogens with two attached hydrogens (primary N) is 1. The molecule has 0 aliphatic heterocycles. The Labute approximate surface area is 81.5 Å². The van der Waals surface area contributed by atoms with Crippen molar-refractivity contribution in [3.8, 4) is 5.88 Å². The van der Waals surface area contributed by atoms with Gasteiger partial charge in [0.2, 0.25) is 5.88 Å². The summed E-state index contributed by atoms with van der Waals surface area (Å²) in [5.41, 5.74) is 6.96. The number of aryl methyl sites for hydroxylation is 1. The fraction of sp³-hybridized carbons (Fsp3) is 0.333. The summed E-state index contributed by atoms with van der Waals surface area (Å²) in [6.07, 6.45) is 1.87. The molecule has 2 N–H and O–H groups in total. The molecule has 0 radical (unpaired) electrons. The second-order valence-corrected chi connectivity index (χ2v) is 3.03. The van der Waals surface area contributed by atoms with Crippen molar-refractivity contribution in [3.05, 3.63) is 12.3 Å². The number of nitrogen functional groups attached to an aromatic ring is 1. The molecule has 0 aromatic carbocycles. The standard InChI is InChI=1S/C9H12N4O/c1-3-14-9-7(10)4-6-5-13(2)12-8(6)11-9/h4-5H,3,10H2,1-2H3. The van der Waals surface area contributed by atoms with Crippen molar-refractivity contribution >= 4 is 16.7 Å². The van der Waals surface area contributed by atoms with Crippen LogP contribution in [-0.4, -0.2) is 21.4 Å². The van der Waals surface area contributed by atoms with E-state index in [9.17, 15) is 0 Å². The first-order valence-electron chi connectivity index (χ1n) is 4.43. The van der Waals surface area contributed by atoms with Crippen LogP contribution >= 0.6 is 0 Å². The first kappa shape index (κ1) is 8.80. The Hall–Kier alpha value is -1.78. The molecule has 0 saturated heterocycles. The number of rotatable bonds is 2. The summed E-state index contributed by atoms with van der Waals surface area (Å²) >= 11 is 0. The summed E-state index contributed by atoms with van der Waals surface area (Å²) < 4.78 is 6.97. The highest BCUT2D eigenvalue weighted by Gasteiger charge is 2.06.